The molecule has 2 aliphatic rings. The van der Waals surface area contributed by atoms with E-state index in [0.717, 1.165) is 18.5 Å². The van der Waals surface area contributed by atoms with Gasteiger partial charge in [-0.2, -0.15) is 4.31 Å². The van der Waals surface area contributed by atoms with Crippen molar-refractivity contribution >= 4 is 21.9 Å². The van der Waals surface area contributed by atoms with Crippen molar-refractivity contribution in [3.05, 3.63) is 18.0 Å². The summed E-state index contributed by atoms with van der Waals surface area (Å²) in [6.45, 7) is 3.64. The SMILES string of the molecule is Cc1cnc(N2CC[C@@H]3CN(CC(=O)N(C)C)S(=O)(=O)[C@@H]3CC2)nc1. The molecule has 0 aromatic carbocycles. The van der Waals surface area contributed by atoms with Crippen molar-refractivity contribution in [2.24, 2.45) is 5.92 Å². The van der Waals surface area contributed by atoms with E-state index in [0.29, 0.717) is 25.5 Å². The van der Waals surface area contributed by atoms with E-state index in [1.807, 2.05) is 6.92 Å². The molecule has 0 bridgehead atoms. The van der Waals surface area contributed by atoms with Gasteiger partial charge in [0.25, 0.3) is 0 Å². The fraction of sp³-hybridized carbons (Fsp3) is 0.688. The lowest BCUT2D eigenvalue weighted by Crippen LogP contribution is -2.39. The van der Waals surface area contributed by atoms with Crippen molar-refractivity contribution in [2.45, 2.75) is 25.0 Å². The fourth-order valence-electron chi connectivity index (χ4n) is 3.49. The summed E-state index contributed by atoms with van der Waals surface area (Å²) >= 11 is 0. The highest BCUT2D eigenvalue weighted by Gasteiger charge is 2.47. The predicted molar refractivity (Wildman–Crippen MR) is 94.7 cm³/mol. The highest BCUT2D eigenvalue weighted by atomic mass is 32.2. The number of carbonyl (C=O) groups is 1. The van der Waals surface area contributed by atoms with Crippen LogP contribution in [0.15, 0.2) is 12.4 Å². The van der Waals surface area contributed by atoms with Gasteiger partial charge in [0.2, 0.25) is 21.9 Å². The van der Waals surface area contributed by atoms with Gasteiger partial charge in [0.1, 0.15) is 0 Å². The maximum absolute atomic E-state index is 12.8. The van der Waals surface area contributed by atoms with E-state index in [1.165, 1.54) is 9.21 Å². The number of aromatic nitrogens is 2. The Kier molecular flexibility index (Phi) is 4.97. The molecule has 2 fully saturated rings. The number of hydrogen-bond acceptors (Lipinski definition) is 6. The summed E-state index contributed by atoms with van der Waals surface area (Å²) in [5, 5.41) is -0.419. The summed E-state index contributed by atoms with van der Waals surface area (Å²) in [6, 6.07) is 0. The maximum Gasteiger partial charge on any atom is 0.237 e. The van der Waals surface area contributed by atoms with Gasteiger partial charge in [-0.25, -0.2) is 18.4 Å². The third kappa shape index (κ3) is 3.62. The van der Waals surface area contributed by atoms with E-state index in [-0.39, 0.29) is 18.4 Å². The molecule has 2 saturated heterocycles. The number of sulfonamides is 1. The Morgan fingerprint density at radius 2 is 1.88 bits per heavy atom. The van der Waals surface area contributed by atoms with Crippen molar-refractivity contribution in [3.8, 4) is 0 Å². The minimum atomic E-state index is -3.43. The van der Waals surface area contributed by atoms with Gasteiger partial charge in [0.05, 0.1) is 11.8 Å². The minimum absolute atomic E-state index is 0.0513. The summed E-state index contributed by atoms with van der Waals surface area (Å²) in [7, 11) is -0.151. The Hall–Kier alpha value is -1.74. The minimum Gasteiger partial charge on any atom is -0.348 e. The van der Waals surface area contributed by atoms with Gasteiger partial charge in [-0.05, 0) is 31.2 Å². The van der Waals surface area contributed by atoms with E-state index in [9.17, 15) is 13.2 Å². The molecule has 0 saturated carbocycles. The highest BCUT2D eigenvalue weighted by molar-refractivity contribution is 7.90. The lowest BCUT2D eigenvalue weighted by Gasteiger charge is -2.22. The normalized spacial score (nSPS) is 26.1. The molecule has 138 valence electrons. The van der Waals surface area contributed by atoms with E-state index < -0.39 is 15.3 Å². The van der Waals surface area contributed by atoms with Crippen LogP contribution < -0.4 is 4.90 Å². The second-order valence-electron chi connectivity index (χ2n) is 7.05. The molecule has 1 aromatic rings. The molecule has 25 heavy (non-hydrogen) atoms. The smallest absolute Gasteiger partial charge is 0.237 e. The molecule has 2 aliphatic heterocycles. The first-order valence-corrected chi connectivity index (χ1v) is 10.0. The number of rotatable bonds is 3. The van der Waals surface area contributed by atoms with Crippen LogP contribution in [0.25, 0.3) is 0 Å². The van der Waals surface area contributed by atoms with Crippen LogP contribution in [0, 0.1) is 12.8 Å². The molecule has 0 aliphatic carbocycles. The zero-order valence-electron chi connectivity index (χ0n) is 14.9. The standard InChI is InChI=1S/C16H25N5O3S/c1-12-8-17-16(18-9-12)20-6-4-13-10-21(11-15(22)19(2)3)25(23,24)14(13)5-7-20/h8-9,13-14H,4-7,10-11H2,1-3H3/t13-,14-/m1/s1. The molecule has 0 spiro atoms. The molecule has 0 unspecified atom stereocenters. The van der Waals surface area contributed by atoms with Crippen LogP contribution in [-0.2, 0) is 14.8 Å². The van der Waals surface area contributed by atoms with E-state index in [4.69, 9.17) is 0 Å². The number of amides is 1. The molecular weight excluding hydrogens is 342 g/mol. The predicted octanol–water partition coefficient (Wildman–Crippen LogP) is 0.104. The second-order valence-corrected chi connectivity index (χ2v) is 9.20. The first kappa shape index (κ1) is 18.1. The van der Waals surface area contributed by atoms with Crippen LogP contribution in [-0.4, -0.2) is 79.0 Å². The van der Waals surface area contributed by atoms with Crippen molar-refractivity contribution in [3.63, 3.8) is 0 Å². The van der Waals surface area contributed by atoms with Gasteiger partial charge < -0.3 is 9.80 Å². The number of nitrogens with zero attached hydrogens (tertiary/aromatic N) is 5. The average Bonchev–Trinajstić information content (AvgIpc) is 2.71. The molecule has 3 rings (SSSR count). The van der Waals surface area contributed by atoms with Crippen LogP contribution in [0.4, 0.5) is 5.95 Å². The van der Waals surface area contributed by atoms with Crippen molar-refractivity contribution in [2.75, 3.05) is 45.2 Å². The Bertz CT molecular complexity index is 735. The number of hydrogen-bond donors (Lipinski definition) is 0. The van der Waals surface area contributed by atoms with Crippen molar-refractivity contribution in [1.82, 2.24) is 19.2 Å². The number of carbonyl (C=O) groups excluding carboxylic acids is 1. The van der Waals surface area contributed by atoms with Gasteiger partial charge in [0, 0.05) is 46.1 Å². The van der Waals surface area contributed by atoms with Crippen LogP contribution in [0.1, 0.15) is 18.4 Å². The number of likely N-dealkylation sites (N-methyl/N-ethyl adjacent to an activating group) is 1. The second kappa shape index (κ2) is 6.87. The summed E-state index contributed by atoms with van der Waals surface area (Å²) < 4.78 is 27.0. The summed E-state index contributed by atoms with van der Waals surface area (Å²) in [5.74, 6) is 0.521. The van der Waals surface area contributed by atoms with Gasteiger partial charge in [0.15, 0.2) is 0 Å². The van der Waals surface area contributed by atoms with Gasteiger partial charge in [-0.1, -0.05) is 0 Å². The zero-order valence-corrected chi connectivity index (χ0v) is 15.7. The first-order valence-electron chi connectivity index (χ1n) is 8.51. The van der Waals surface area contributed by atoms with Crippen molar-refractivity contribution < 1.29 is 13.2 Å². The van der Waals surface area contributed by atoms with Gasteiger partial charge in [-0.15, -0.1) is 0 Å². The molecule has 1 amide bonds. The molecule has 0 N–H and O–H groups in total. The largest absolute Gasteiger partial charge is 0.348 e. The average molecular weight is 367 g/mol. The Morgan fingerprint density at radius 3 is 2.52 bits per heavy atom. The summed E-state index contributed by atoms with van der Waals surface area (Å²) in [5.41, 5.74) is 0.999. The Balaban J connectivity index is 1.71. The van der Waals surface area contributed by atoms with E-state index in [2.05, 4.69) is 14.9 Å². The van der Waals surface area contributed by atoms with Crippen LogP contribution in [0.2, 0.25) is 0 Å². The Morgan fingerprint density at radius 1 is 1.24 bits per heavy atom. The molecule has 2 atom stereocenters. The lowest BCUT2D eigenvalue weighted by molar-refractivity contribution is -0.128. The van der Waals surface area contributed by atoms with Gasteiger partial charge >= 0.3 is 0 Å². The maximum atomic E-state index is 12.8. The quantitative estimate of drug-likeness (QED) is 0.753. The number of fused-ring (bicyclic) bond motifs is 1. The topological polar surface area (TPSA) is 86.7 Å². The van der Waals surface area contributed by atoms with Crippen LogP contribution in [0.3, 0.4) is 0 Å². The third-order valence-electron chi connectivity index (χ3n) is 5.02. The summed E-state index contributed by atoms with van der Waals surface area (Å²) in [4.78, 5) is 24.1. The van der Waals surface area contributed by atoms with Crippen molar-refractivity contribution in [1.29, 1.82) is 0 Å². The molecule has 0 radical (unpaired) electrons. The van der Waals surface area contributed by atoms with Gasteiger partial charge in [-0.3, -0.25) is 4.79 Å². The molecule has 1 aromatic heterocycles. The number of aryl methyl sites for hydroxylation is 1. The Labute approximate surface area is 148 Å². The van der Waals surface area contributed by atoms with Crippen LogP contribution in [0.5, 0.6) is 0 Å². The lowest BCUT2D eigenvalue weighted by atomic mass is 10.0. The molecule has 8 nitrogen and oxygen atoms in total. The van der Waals surface area contributed by atoms with Crippen LogP contribution >= 0.6 is 0 Å². The zero-order chi connectivity index (χ0) is 18.2. The third-order valence-corrected chi connectivity index (χ3v) is 7.40. The first-order chi connectivity index (χ1) is 11.8. The molecule has 3 heterocycles. The number of anilines is 1. The monoisotopic (exact) mass is 367 g/mol. The highest BCUT2D eigenvalue weighted by Crippen LogP contribution is 2.34. The van der Waals surface area contributed by atoms with E-state index >= 15 is 0 Å². The summed E-state index contributed by atoms with van der Waals surface area (Å²) in [6.07, 6.45) is 4.85. The molecule has 9 heteroatoms. The van der Waals surface area contributed by atoms with E-state index in [1.54, 1.807) is 26.5 Å². The molecular formula is C16H25N5O3S. The fourth-order valence-corrected chi connectivity index (χ4v) is 5.68.